The predicted molar refractivity (Wildman–Crippen MR) is 82.9 cm³/mol. The average molecular weight is 359 g/mol. The molecule has 0 saturated heterocycles. The molecule has 1 aromatic heterocycles. The summed E-state index contributed by atoms with van der Waals surface area (Å²) in [4.78, 5) is 28.1. The highest BCUT2D eigenvalue weighted by Crippen LogP contribution is 2.34. The van der Waals surface area contributed by atoms with Crippen molar-refractivity contribution < 1.29 is 22.7 Å². The number of rotatable bonds is 3. The number of halogens is 3. The molecule has 1 heterocycles. The highest BCUT2D eigenvalue weighted by atomic mass is 32.1. The van der Waals surface area contributed by atoms with Gasteiger partial charge < -0.3 is 15.0 Å². The molecule has 0 radical (unpaired) electrons. The number of hydrogen-bond acceptors (Lipinski definition) is 4. The van der Waals surface area contributed by atoms with Crippen molar-refractivity contribution in [1.82, 2.24) is 9.97 Å². The van der Waals surface area contributed by atoms with Gasteiger partial charge in [-0.3, -0.25) is 9.78 Å². The molecule has 1 aromatic carbocycles. The molecule has 0 bridgehead atoms. The van der Waals surface area contributed by atoms with Crippen molar-refractivity contribution in [2.45, 2.75) is 13.1 Å². The van der Waals surface area contributed by atoms with E-state index in [0.717, 1.165) is 12.1 Å². The number of ether oxygens (including phenoxy) is 1. The Kier molecular flexibility index (Phi) is 4.78. The number of H-pyrrole nitrogens is 2. The van der Waals surface area contributed by atoms with Gasteiger partial charge in [0.1, 0.15) is 10.4 Å². The molecule has 6 nitrogen and oxygen atoms in total. The topological polar surface area (TPSA) is 87.0 Å². The van der Waals surface area contributed by atoms with Crippen LogP contribution in [0.15, 0.2) is 23.0 Å². The van der Waals surface area contributed by atoms with Gasteiger partial charge >= 0.3 is 11.9 Å². The Morgan fingerprint density at radius 1 is 1.25 bits per heavy atom. The lowest BCUT2D eigenvalue weighted by atomic mass is 10.1. The Bertz CT molecular complexity index is 903. The van der Waals surface area contributed by atoms with Gasteiger partial charge in [0.2, 0.25) is 0 Å². The Labute approximate surface area is 138 Å². The first-order chi connectivity index (χ1) is 11.1. The van der Waals surface area contributed by atoms with E-state index in [-0.39, 0.29) is 27.3 Å². The summed E-state index contributed by atoms with van der Waals surface area (Å²) in [7, 11) is 1.21. The molecule has 0 aliphatic carbocycles. The van der Waals surface area contributed by atoms with Crippen LogP contribution in [0.25, 0.3) is 0 Å². The Morgan fingerprint density at radius 3 is 2.46 bits per heavy atom. The predicted octanol–water partition coefficient (Wildman–Crippen LogP) is 3.02. The molecule has 2 aromatic rings. The van der Waals surface area contributed by atoms with E-state index in [1.165, 1.54) is 20.1 Å². The summed E-state index contributed by atoms with van der Waals surface area (Å²) in [6.07, 6.45) is -4.60. The highest BCUT2D eigenvalue weighted by molar-refractivity contribution is 7.71. The van der Waals surface area contributed by atoms with Gasteiger partial charge in [0.25, 0.3) is 5.91 Å². The number of amides is 1. The van der Waals surface area contributed by atoms with Crippen LogP contribution in [-0.4, -0.2) is 23.0 Å². The monoisotopic (exact) mass is 359 g/mol. The summed E-state index contributed by atoms with van der Waals surface area (Å²) in [6.45, 7) is 1.45. The second-order valence-electron chi connectivity index (χ2n) is 4.81. The first-order valence-electron chi connectivity index (χ1n) is 6.52. The largest absolute Gasteiger partial charge is 0.497 e. The van der Waals surface area contributed by atoms with Crippen LogP contribution in [0.2, 0.25) is 0 Å². The van der Waals surface area contributed by atoms with Gasteiger partial charge in [0, 0.05) is 17.4 Å². The Balaban J connectivity index is 2.43. The SMILES string of the molecule is COc1cc(NC(=O)c2c(C)[nH]c(=O)[nH]c2=S)cc(C(F)(F)F)c1. The molecular formula is C14H12F3N3O3S. The van der Waals surface area contributed by atoms with Gasteiger partial charge in [-0.1, -0.05) is 12.2 Å². The third-order valence-corrected chi connectivity index (χ3v) is 3.39. The Hall–Kier alpha value is -2.62. The number of carbonyl (C=O) groups is 1. The van der Waals surface area contributed by atoms with Crippen LogP contribution < -0.4 is 15.7 Å². The fourth-order valence-electron chi connectivity index (χ4n) is 2.02. The molecule has 1 amide bonds. The minimum Gasteiger partial charge on any atom is -0.497 e. The highest BCUT2D eigenvalue weighted by Gasteiger charge is 2.31. The van der Waals surface area contributed by atoms with Crippen molar-refractivity contribution in [3.8, 4) is 5.75 Å². The van der Waals surface area contributed by atoms with Crippen LogP contribution in [-0.2, 0) is 6.18 Å². The third-order valence-electron chi connectivity index (χ3n) is 3.08. The van der Waals surface area contributed by atoms with E-state index in [4.69, 9.17) is 17.0 Å². The zero-order valence-corrected chi connectivity index (χ0v) is 13.3. The lowest BCUT2D eigenvalue weighted by Gasteiger charge is -2.13. The molecule has 128 valence electrons. The molecule has 3 N–H and O–H groups in total. The summed E-state index contributed by atoms with van der Waals surface area (Å²) >= 11 is 4.91. The number of alkyl halides is 3. The van der Waals surface area contributed by atoms with E-state index in [0.29, 0.717) is 0 Å². The molecule has 10 heteroatoms. The normalized spacial score (nSPS) is 11.2. The zero-order valence-electron chi connectivity index (χ0n) is 12.5. The molecule has 0 spiro atoms. The lowest BCUT2D eigenvalue weighted by Crippen LogP contribution is -2.21. The first kappa shape index (κ1) is 17.7. The summed E-state index contributed by atoms with van der Waals surface area (Å²) in [6, 6.07) is 2.82. The maximum absolute atomic E-state index is 12.9. The number of aromatic amines is 2. The number of hydrogen-bond donors (Lipinski definition) is 3. The molecule has 0 saturated carbocycles. The van der Waals surface area contributed by atoms with Crippen LogP contribution in [0.5, 0.6) is 5.75 Å². The van der Waals surface area contributed by atoms with Crippen molar-refractivity contribution in [3.05, 3.63) is 50.1 Å². The first-order valence-corrected chi connectivity index (χ1v) is 6.93. The van der Waals surface area contributed by atoms with Gasteiger partial charge in [-0.05, 0) is 19.1 Å². The van der Waals surface area contributed by atoms with Gasteiger partial charge in [-0.2, -0.15) is 13.2 Å². The standard InChI is InChI=1S/C14H12F3N3O3S/c1-6-10(12(24)20-13(22)18-6)11(21)19-8-3-7(14(15,16)17)4-9(5-8)23-2/h3-5H,1-2H3,(H,19,21)(H2,18,20,22,24). The second-order valence-corrected chi connectivity index (χ2v) is 5.22. The number of aromatic nitrogens is 2. The van der Waals surface area contributed by atoms with Crippen LogP contribution in [0.3, 0.4) is 0 Å². The molecule has 0 aliphatic rings. The molecule has 0 unspecified atom stereocenters. The second kappa shape index (κ2) is 6.48. The molecule has 0 fully saturated rings. The maximum Gasteiger partial charge on any atom is 0.416 e. The average Bonchev–Trinajstić information content (AvgIpc) is 2.44. The molecule has 0 atom stereocenters. The van der Waals surface area contributed by atoms with E-state index in [1.54, 1.807) is 0 Å². The van der Waals surface area contributed by atoms with E-state index in [2.05, 4.69) is 15.3 Å². The van der Waals surface area contributed by atoms with Crippen LogP contribution in [0.4, 0.5) is 18.9 Å². The van der Waals surface area contributed by atoms with Gasteiger partial charge in [-0.25, -0.2) is 4.79 Å². The summed E-state index contributed by atoms with van der Waals surface area (Å²) < 4.78 is 43.4. The number of benzene rings is 1. The number of carbonyl (C=O) groups excluding carboxylic acids is 1. The van der Waals surface area contributed by atoms with Crippen LogP contribution >= 0.6 is 12.2 Å². The summed E-state index contributed by atoms with van der Waals surface area (Å²) in [5.74, 6) is -0.824. The summed E-state index contributed by atoms with van der Waals surface area (Å²) in [5, 5.41) is 2.32. The van der Waals surface area contributed by atoms with Crippen molar-refractivity contribution in [2.75, 3.05) is 12.4 Å². The smallest absolute Gasteiger partial charge is 0.416 e. The van der Waals surface area contributed by atoms with Crippen molar-refractivity contribution in [1.29, 1.82) is 0 Å². The zero-order chi connectivity index (χ0) is 18.1. The quantitative estimate of drug-likeness (QED) is 0.735. The fourth-order valence-corrected chi connectivity index (χ4v) is 2.36. The summed E-state index contributed by atoms with van der Waals surface area (Å²) in [5.41, 5.74) is -1.52. The van der Waals surface area contributed by atoms with Crippen molar-refractivity contribution >= 4 is 23.8 Å². The number of nitrogens with one attached hydrogen (secondary N) is 3. The Morgan fingerprint density at radius 2 is 1.92 bits per heavy atom. The van der Waals surface area contributed by atoms with Crippen molar-refractivity contribution in [3.63, 3.8) is 0 Å². The minimum atomic E-state index is -4.60. The molecule has 0 aliphatic heterocycles. The van der Waals surface area contributed by atoms with E-state index < -0.39 is 23.3 Å². The van der Waals surface area contributed by atoms with Gasteiger partial charge in [0.05, 0.1) is 18.2 Å². The van der Waals surface area contributed by atoms with Gasteiger partial charge in [0.15, 0.2) is 0 Å². The number of aryl methyl sites for hydroxylation is 1. The van der Waals surface area contributed by atoms with Crippen LogP contribution in [0, 0.1) is 11.6 Å². The van der Waals surface area contributed by atoms with Crippen molar-refractivity contribution in [2.24, 2.45) is 0 Å². The van der Waals surface area contributed by atoms with Gasteiger partial charge in [-0.15, -0.1) is 0 Å². The number of anilines is 1. The van der Waals surface area contributed by atoms with Crippen LogP contribution in [0.1, 0.15) is 21.6 Å². The molecular weight excluding hydrogens is 347 g/mol. The van der Waals surface area contributed by atoms with E-state index in [9.17, 15) is 22.8 Å². The molecule has 2 rings (SSSR count). The fraction of sp³-hybridized carbons (Fsp3) is 0.214. The number of methoxy groups -OCH3 is 1. The molecule has 24 heavy (non-hydrogen) atoms. The minimum absolute atomic E-state index is 0.0408. The third kappa shape index (κ3) is 3.82. The maximum atomic E-state index is 12.9. The van der Waals surface area contributed by atoms with E-state index >= 15 is 0 Å². The van der Waals surface area contributed by atoms with E-state index in [1.807, 2.05) is 0 Å². The lowest BCUT2D eigenvalue weighted by molar-refractivity contribution is -0.137.